The van der Waals surface area contributed by atoms with Gasteiger partial charge in [-0.25, -0.2) is 9.59 Å². The highest BCUT2D eigenvalue weighted by Crippen LogP contribution is 2.48. The molecule has 0 saturated heterocycles. The van der Waals surface area contributed by atoms with E-state index >= 15 is 0 Å². The summed E-state index contributed by atoms with van der Waals surface area (Å²) in [6.07, 6.45) is -4.99. The molecule has 120 valence electrons. The molecule has 1 aromatic heterocycles. The Kier molecular flexibility index (Phi) is 3.59. The highest BCUT2D eigenvalue weighted by molar-refractivity contribution is 8.03. The van der Waals surface area contributed by atoms with Gasteiger partial charge >= 0.3 is 17.8 Å². The Hall–Kier alpha value is -2.42. The van der Waals surface area contributed by atoms with E-state index in [1.54, 1.807) is 12.1 Å². The molecule has 0 N–H and O–H groups in total. The van der Waals surface area contributed by atoms with Gasteiger partial charge in [-0.3, -0.25) is 0 Å². The van der Waals surface area contributed by atoms with Crippen LogP contribution in [-0.4, -0.2) is 19.3 Å². The fraction of sp³-hybridized carbons (Fsp3) is 0.143. The van der Waals surface area contributed by atoms with Crippen LogP contribution in [0.4, 0.5) is 13.2 Å². The number of rotatable bonds is 1. The molecule has 2 aromatic rings. The van der Waals surface area contributed by atoms with E-state index in [0.717, 1.165) is 7.11 Å². The number of ether oxygens (including phenoxy) is 2. The molecule has 1 aliphatic heterocycles. The van der Waals surface area contributed by atoms with Crippen LogP contribution in [0.1, 0.15) is 0 Å². The van der Waals surface area contributed by atoms with Crippen molar-refractivity contribution in [2.24, 2.45) is 0 Å². The molecule has 0 spiro atoms. The van der Waals surface area contributed by atoms with Gasteiger partial charge in [-0.1, -0.05) is 12.1 Å². The third kappa shape index (κ3) is 2.56. The topological polar surface area (TPSA) is 65.7 Å². The van der Waals surface area contributed by atoms with Crippen LogP contribution in [-0.2, 0) is 9.53 Å². The lowest BCUT2D eigenvalue weighted by molar-refractivity contribution is -0.148. The molecule has 9 heteroatoms. The maximum Gasteiger partial charge on any atom is 0.427 e. The van der Waals surface area contributed by atoms with Crippen LogP contribution >= 0.6 is 11.8 Å². The van der Waals surface area contributed by atoms with Crippen molar-refractivity contribution in [1.82, 2.24) is 0 Å². The zero-order chi connectivity index (χ0) is 16.8. The van der Waals surface area contributed by atoms with Gasteiger partial charge in [0.1, 0.15) is 10.5 Å². The first-order chi connectivity index (χ1) is 10.8. The summed E-state index contributed by atoms with van der Waals surface area (Å²) in [5, 5.41) is -0.431. The molecule has 0 saturated carbocycles. The number of benzene rings is 1. The molecule has 0 aliphatic carbocycles. The minimum absolute atomic E-state index is 0.0671. The minimum Gasteiger partial charge on any atom is -0.465 e. The average molecular weight is 344 g/mol. The first kappa shape index (κ1) is 15.5. The van der Waals surface area contributed by atoms with Crippen molar-refractivity contribution in [3.05, 3.63) is 45.3 Å². The summed E-state index contributed by atoms with van der Waals surface area (Å²) in [6.45, 7) is 0. The molecule has 0 bridgehead atoms. The summed E-state index contributed by atoms with van der Waals surface area (Å²) in [7, 11) is 0.825. The van der Waals surface area contributed by atoms with Crippen molar-refractivity contribution in [3.63, 3.8) is 0 Å². The SMILES string of the molecule is COC(=O)/C(=C1/Oc2c(c(=O)oc3ccccc23)S1)C(F)(F)F. The molecule has 3 rings (SSSR count). The maximum atomic E-state index is 13.1. The van der Waals surface area contributed by atoms with Gasteiger partial charge in [-0.2, -0.15) is 13.2 Å². The fourth-order valence-electron chi connectivity index (χ4n) is 2.02. The van der Waals surface area contributed by atoms with Gasteiger partial charge in [0, 0.05) is 0 Å². The van der Waals surface area contributed by atoms with Gasteiger partial charge in [0.15, 0.2) is 16.4 Å². The molecule has 0 amide bonds. The smallest absolute Gasteiger partial charge is 0.427 e. The molecular formula is C14H7F3O5S. The summed E-state index contributed by atoms with van der Waals surface area (Å²) in [5.41, 5.74) is -2.28. The summed E-state index contributed by atoms with van der Waals surface area (Å²) in [6, 6.07) is 6.24. The van der Waals surface area contributed by atoms with Crippen LogP contribution < -0.4 is 10.4 Å². The van der Waals surface area contributed by atoms with Crippen LogP contribution in [0.15, 0.2) is 49.0 Å². The summed E-state index contributed by atoms with van der Waals surface area (Å²) >= 11 is 0.387. The predicted octanol–water partition coefficient (Wildman–Crippen LogP) is 3.22. The van der Waals surface area contributed by atoms with Crippen molar-refractivity contribution in [2.45, 2.75) is 11.1 Å². The van der Waals surface area contributed by atoms with E-state index in [4.69, 9.17) is 9.15 Å². The summed E-state index contributed by atoms with van der Waals surface area (Å²) in [5.74, 6) is -1.66. The molecule has 0 fully saturated rings. The number of hydrogen-bond acceptors (Lipinski definition) is 6. The third-order valence-corrected chi connectivity index (χ3v) is 4.02. The lowest BCUT2D eigenvalue weighted by Crippen LogP contribution is -2.23. The Morgan fingerprint density at radius 1 is 1.26 bits per heavy atom. The monoisotopic (exact) mass is 344 g/mol. The van der Waals surface area contributed by atoms with Gasteiger partial charge in [-0.15, -0.1) is 0 Å². The molecule has 0 atom stereocenters. The van der Waals surface area contributed by atoms with Crippen LogP contribution in [0.3, 0.4) is 0 Å². The van der Waals surface area contributed by atoms with E-state index < -0.39 is 28.4 Å². The molecule has 0 radical (unpaired) electrons. The molecule has 0 unspecified atom stereocenters. The largest absolute Gasteiger partial charge is 0.465 e. The van der Waals surface area contributed by atoms with Gasteiger partial charge in [-0.05, 0) is 23.9 Å². The Morgan fingerprint density at radius 2 is 1.96 bits per heavy atom. The van der Waals surface area contributed by atoms with E-state index in [1.807, 2.05) is 0 Å². The van der Waals surface area contributed by atoms with Crippen molar-refractivity contribution in [2.75, 3.05) is 7.11 Å². The van der Waals surface area contributed by atoms with Gasteiger partial charge in [0.2, 0.25) is 0 Å². The second kappa shape index (κ2) is 5.34. The Balaban J connectivity index is 2.23. The molecule has 1 aromatic carbocycles. The molecular weight excluding hydrogens is 337 g/mol. The molecule has 1 aliphatic rings. The maximum absolute atomic E-state index is 13.1. The normalized spacial score (nSPS) is 16.0. The van der Waals surface area contributed by atoms with Crippen molar-refractivity contribution in [1.29, 1.82) is 0 Å². The highest BCUT2D eigenvalue weighted by atomic mass is 32.2. The number of esters is 1. The van der Waals surface area contributed by atoms with E-state index in [9.17, 15) is 22.8 Å². The number of fused-ring (bicyclic) bond motifs is 3. The second-order valence-corrected chi connectivity index (χ2v) is 5.38. The van der Waals surface area contributed by atoms with Crippen molar-refractivity contribution < 1.29 is 31.9 Å². The van der Waals surface area contributed by atoms with E-state index in [-0.39, 0.29) is 16.2 Å². The van der Waals surface area contributed by atoms with Crippen LogP contribution in [0.25, 0.3) is 11.0 Å². The minimum atomic E-state index is -4.99. The second-order valence-electron chi connectivity index (χ2n) is 4.40. The van der Waals surface area contributed by atoms with Gasteiger partial charge in [0.05, 0.1) is 12.5 Å². The molecule has 5 nitrogen and oxygen atoms in total. The predicted molar refractivity (Wildman–Crippen MR) is 74.1 cm³/mol. The number of methoxy groups -OCH3 is 1. The molecule has 2 heterocycles. The number of para-hydroxylation sites is 1. The highest BCUT2D eigenvalue weighted by Gasteiger charge is 2.46. The Labute approximate surface area is 130 Å². The van der Waals surface area contributed by atoms with Gasteiger partial charge in [0.25, 0.3) is 0 Å². The number of carbonyl (C=O) groups is 1. The lowest BCUT2D eigenvalue weighted by Gasteiger charge is -2.11. The van der Waals surface area contributed by atoms with Crippen molar-refractivity contribution >= 4 is 28.7 Å². The Bertz CT molecular complexity index is 897. The van der Waals surface area contributed by atoms with E-state index in [2.05, 4.69) is 4.74 Å². The molecule has 23 heavy (non-hydrogen) atoms. The zero-order valence-corrected chi connectivity index (χ0v) is 12.2. The Morgan fingerprint density at radius 3 is 2.61 bits per heavy atom. The lowest BCUT2D eigenvalue weighted by atomic mass is 10.2. The third-order valence-electron chi connectivity index (χ3n) is 2.99. The first-order valence-corrected chi connectivity index (χ1v) is 6.96. The standard InChI is InChI=1S/C14H7F3O5S/c1-20-11(18)8(14(15,16)17)13-22-9-6-4-2-3-5-7(6)21-12(19)10(9)23-13/h2-5H,1H3/b13-8+. The van der Waals surface area contributed by atoms with E-state index in [1.165, 1.54) is 12.1 Å². The summed E-state index contributed by atoms with van der Waals surface area (Å²) < 4.78 is 53.6. The first-order valence-electron chi connectivity index (χ1n) is 6.14. The van der Waals surface area contributed by atoms with Crippen LogP contribution in [0.5, 0.6) is 5.75 Å². The van der Waals surface area contributed by atoms with Crippen molar-refractivity contribution in [3.8, 4) is 5.75 Å². The van der Waals surface area contributed by atoms with Crippen LogP contribution in [0, 0.1) is 0 Å². The van der Waals surface area contributed by atoms with Crippen LogP contribution in [0.2, 0.25) is 0 Å². The number of hydrogen-bond donors (Lipinski definition) is 0. The quantitative estimate of drug-likeness (QED) is 0.450. The number of halogens is 3. The van der Waals surface area contributed by atoms with E-state index in [0.29, 0.717) is 17.1 Å². The zero-order valence-electron chi connectivity index (χ0n) is 11.4. The summed E-state index contributed by atoms with van der Waals surface area (Å²) in [4.78, 5) is 23.2. The fourth-order valence-corrected chi connectivity index (χ4v) is 3.00. The number of thioether (sulfide) groups is 1. The average Bonchev–Trinajstić information content (AvgIpc) is 2.91. The van der Waals surface area contributed by atoms with Gasteiger partial charge < -0.3 is 13.9 Å². The number of carbonyl (C=O) groups excluding carboxylic acids is 1. The number of alkyl halides is 3.